The van der Waals surface area contributed by atoms with Gasteiger partial charge in [-0.15, -0.1) is 0 Å². The maximum atomic E-state index is 12.2. The predicted octanol–water partition coefficient (Wildman–Crippen LogP) is 4.27. The van der Waals surface area contributed by atoms with Crippen molar-refractivity contribution in [1.29, 1.82) is 0 Å². The molecule has 0 bridgehead atoms. The fourth-order valence-electron chi connectivity index (χ4n) is 2.21. The molecule has 122 valence electrons. The van der Waals surface area contributed by atoms with Gasteiger partial charge in [-0.1, -0.05) is 23.4 Å². The number of carbonyl (C=O) groups is 1. The number of rotatable bonds is 5. The van der Waals surface area contributed by atoms with Crippen LogP contribution in [0.3, 0.4) is 0 Å². The second kappa shape index (κ2) is 7.00. The number of esters is 1. The smallest absolute Gasteiger partial charge is 0.365 e. The lowest BCUT2D eigenvalue weighted by atomic mass is 10.1. The van der Waals surface area contributed by atoms with E-state index in [2.05, 4.69) is 5.16 Å². The Morgan fingerprint density at radius 2 is 1.88 bits per heavy atom. The van der Waals surface area contributed by atoms with Crippen LogP contribution >= 0.6 is 0 Å². The molecule has 1 heterocycles. The Balaban J connectivity index is 1.75. The monoisotopic (exact) mass is 323 g/mol. The van der Waals surface area contributed by atoms with Gasteiger partial charge in [-0.2, -0.15) is 0 Å². The van der Waals surface area contributed by atoms with Crippen molar-refractivity contribution in [2.75, 3.05) is 6.61 Å². The minimum atomic E-state index is -0.551. The lowest BCUT2D eigenvalue weighted by Crippen LogP contribution is -2.09. The van der Waals surface area contributed by atoms with E-state index in [1.54, 1.807) is 12.1 Å². The van der Waals surface area contributed by atoms with Gasteiger partial charge in [0.1, 0.15) is 11.5 Å². The molecule has 0 atom stereocenters. The highest BCUT2D eigenvalue weighted by Crippen LogP contribution is 2.24. The average Bonchev–Trinajstić information content (AvgIpc) is 3.08. The molecule has 24 heavy (non-hydrogen) atoms. The molecule has 3 rings (SSSR count). The van der Waals surface area contributed by atoms with Gasteiger partial charge in [-0.05, 0) is 49.7 Å². The largest absolute Gasteiger partial charge is 0.494 e. The molecule has 0 unspecified atom stereocenters. The topological polar surface area (TPSA) is 61.6 Å². The van der Waals surface area contributed by atoms with Crippen LogP contribution in [0, 0.1) is 6.92 Å². The Morgan fingerprint density at radius 1 is 1.12 bits per heavy atom. The van der Waals surface area contributed by atoms with E-state index in [1.165, 1.54) is 0 Å². The third-order valence-electron chi connectivity index (χ3n) is 3.47. The molecule has 5 heteroatoms. The highest BCUT2D eigenvalue weighted by Gasteiger charge is 2.16. The van der Waals surface area contributed by atoms with Crippen LogP contribution in [0.5, 0.6) is 11.5 Å². The number of ether oxygens (including phenoxy) is 2. The Morgan fingerprint density at radius 3 is 2.58 bits per heavy atom. The molecule has 0 saturated carbocycles. The first-order chi connectivity index (χ1) is 11.7. The van der Waals surface area contributed by atoms with Crippen molar-refractivity contribution >= 4 is 5.97 Å². The van der Waals surface area contributed by atoms with E-state index in [1.807, 2.05) is 56.3 Å². The van der Waals surface area contributed by atoms with Crippen LogP contribution in [0.4, 0.5) is 0 Å². The van der Waals surface area contributed by atoms with Crippen LogP contribution in [0.1, 0.15) is 23.0 Å². The van der Waals surface area contributed by atoms with Gasteiger partial charge in [-0.25, -0.2) is 4.79 Å². The van der Waals surface area contributed by atoms with Crippen molar-refractivity contribution < 1.29 is 18.8 Å². The van der Waals surface area contributed by atoms with E-state index in [0.717, 1.165) is 16.9 Å². The van der Waals surface area contributed by atoms with E-state index >= 15 is 0 Å². The maximum Gasteiger partial charge on any atom is 0.365 e. The Hall–Kier alpha value is -3.08. The summed E-state index contributed by atoms with van der Waals surface area (Å²) >= 11 is 0. The van der Waals surface area contributed by atoms with E-state index < -0.39 is 5.97 Å². The van der Waals surface area contributed by atoms with Gasteiger partial charge in [0, 0.05) is 11.6 Å². The van der Waals surface area contributed by atoms with Crippen molar-refractivity contribution in [3.8, 4) is 22.8 Å². The third kappa shape index (κ3) is 3.46. The molecule has 1 aromatic heterocycles. The molecule has 0 N–H and O–H groups in total. The first-order valence-electron chi connectivity index (χ1n) is 7.65. The number of aromatic nitrogens is 1. The third-order valence-corrected chi connectivity index (χ3v) is 3.47. The summed E-state index contributed by atoms with van der Waals surface area (Å²) in [5.74, 6) is 1.23. The van der Waals surface area contributed by atoms with Crippen LogP contribution in [0.25, 0.3) is 11.3 Å². The Labute approximate surface area is 139 Å². The van der Waals surface area contributed by atoms with E-state index in [9.17, 15) is 4.79 Å². The summed E-state index contributed by atoms with van der Waals surface area (Å²) in [4.78, 5) is 12.2. The molecule has 0 saturated heterocycles. The van der Waals surface area contributed by atoms with Crippen molar-refractivity contribution in [2.24, 2.45) is 0 Å². The van der Waals surface area contributed by atoms with Crippen molar-refractivity contribution in [1.82, 2.24) is 5.16 Å². The molecule has 0 fully saturated rings. The highest BCUT2D eigenvalue weighted by atomic mass is 16.5. The molecular weight excluding hydrogens is 306 g/mol. The van der Waals surface area contributed by atoms with Crippen molar-refractivity contribution in [2.45, 2.75) is 13.8 Å². The summed E-state index contributed by atoms with van der Waals surface area (Å²) in [6, 6.07) is 16.2. The zero-order valence-corrected chi connectivity index (χ0v) is 13.5. The minimum absolute atomic E-state index is 0.127. The SMILES string of the molecule is CCOc1ccc(-c2cc(C(=O)Oc3ccccc3C)no2)cc1. The maximum absolute atomic E-state index is 12.2. The normalized spacial score (nSPS) is 10.4. The van der Waals surface area contributed by atoms with Crippen molar-refractivity contribution in [3.63, 3.8) is 0 Å². The number of hydrogen-bond donors (Lipinski definition) is 0. The lowest BCUT2D eigenvalue weighted by Gasteiger charge is -2.04. The first kappa shape index (κ1) is 15.8. The van der Waals surface area contributed by atoms with Gasteiger partial charge >= 0.3 is 5.97 Å². The van der Waals surface area contributed by atoms with Gasteiger partial charge in [-0.3, -0.25) is 0 Å². The Bertz CT molecular complexity index is 837. The van der Waals surface area contributed by atoms with E-state index in [4.69, 9.17) is 14.0 Å². The first-order valence-corrected chi connectivity index (χ1v) is 7.65. The standard InChI is InChI=1S/C19H17NO4/c1-3-22-15-10-8-14(9-11-15)18-12-16(20-24-18)19(21)23-17-7-5-4-6-13(17)2/h4-12H,3H2,1-2H3. The quantitative estimate of drug-likeness (QED) is 0.518. The highest BCUT2D eigenvalue weighted by molar-refractivity contribution is 5.90. The zero-order chi connectivity index (χ0) is 16.9. The van der Waals surface area contributed by atoms with Crippen LogP contribution in [0.2, 0.25) is 0 Å². The summed E-state index contributed by atoms with van der Waals surface area (Å²) in [6.07, 6.45) is 0. The van der Waals surface area contributed by atoms with Gasteiger partial charge in [0.2, 0.25) is 0 Å². The molecule has 0 aliphatic carbocycles. The molecule has 0 aliphatic heterocycles. The molecule has 2 aromatic carbocycles. The number of aryl methyl sites for hydroxylation is 1. The molecule has 0 amide bonds. The molecule has 0 radical (unpaired) electrons. The van der Waals surface area contributed by atoms with Crippen LogP contribution in [-0.4, -0.2) is 17.7 Å². The van der Waals surface area contributed by atoms with Gasteiger partial charge < -0.3 is 14.0 Å². The summed E-state index contributed by atoms with van der Waals surface area (Å²) in [6.45, 7) is 4.41. The summed E-state index contributed by atoms with van der Waals surface area (Å²) in [7, 11) is 0. The van der Waals surface area contributed by atoms with Crippen LogP contribution in [-0.2, 0) is 0 Å². The van der Waals surface area contributed by atoms with Gasteiger partial charge in [0.05, 0.1) is 6.61 Å². The summed E-state index contributed by atoms with van der Waals surface area (Å²) < 4.78 is 16.0. The molecule has 3 aromatic rings. The molecule has 5 nitrogen and oxygen atoms in total. The van der Waals surface area contributed by atoms with Crippen molar-refractivity contribution in [3.05, 3.63) is 65.9 Å². The van der Waals surface area contributed by atoms with Gasteiger partial charge in [0.15, 0.2) is 11.5 Å². The number of hydrogen-bond acceptors (Lipinski definition) is 5. The van der Waals surface area contributed by atoms with E-state index in [0.29, 0.717) is 18.1 Å². The second-order valence-corrected chi connectivity index (χ2v) is 5.19. The van der Waals surface area contributed by atoms with Crippen LogP contribution in [0.15, 0.2) is 59.1 Å². The number of para-hydroxylation sites is 1. The minimum Gasteiger partial charge on any atom is -0.494 e. The van der Waals surface area contributed by atoms with Gasteiger partial charge in [0.25, 0.3) is 0 Å². The number of carbonyl (C=O) groups excluding carboxylic acids is 1. The summed E-state index contributed by atoms with van der Waals surface area (Å²) in [5.41, 5.74) is 1.81. The number of benzene rings is 2. The average molecular weight is 323 g/mol. The fraction of sp³-hybridized carbons (Fsp3) is 0.158. The fourth-order valence-corrected chi connectivity index (χ4v) is 2.21. The molecular formula is C19H17NO4. The predicted molar refractivity (Wildman–Crippen MR) is 89.2 cm³/mol. The second-order valence-electron chi connectivity index (χ2n) is 5.19. The molecule has 0 spiro atoms. The van der Waals surface area contributed by atoms with Crippen LogP contribution < -0.4 is 9.47 Å². The molecule has 0 aliphatic rings. The van der Waals surface area contributed by atoms with E-state index in [-0.39, 0.29) is 5.69 Å². The summed E-state index contributed by atoms with van der Waals surface area (Å²) in [5, 5.41) is 3.80. The Kier molecular flexibility index (Phi) is 4.61. The number of nitrogens with zero attached hydrogens (tertiary/aromatic N) is 1. The zero-order valence-electron chi connectivity index (χ0n) is 13.5. The lowest BCUT2D eigenvalue weighted by molar-refractivity contribution is 0.0723.